The summed E-state index contributed by atoms with van der Waals surface area (Å²) in [6.45, 7) is 2.39. The monoisotopic (exact) mass is 447 g/mol. The summed E-state index contributed by atoms with van der Waals surface area (Å²) in [7, 11) is 0. The largest absolute Gasteiger partial charge is 0.467 e. The second-order valence-electron chi connectivity index (χ2n) is 7.10. The van der Waals surface area contributed by atoms with Crippen molar-refractivity contribution in [3.8, 4) is 11.4 Å². The quantitative estimate of drug-likeness (QED) is 0.415. The highest BCUT2D eigenvalue weighted by atomic mass is 32.2. The number of nitrogens with one attached hydrogen (secondary N) is 1. The molecule has 0 aliphatic carbocycles. The number of rotatable bonds is 7. The average molecular weight is 448 g/mol. The van der Waals surface area contributed by atoms with Gasteiger partial charge < -0.3 is 10.2 Å². The highest BCUT2D eigenvalue weighted by molar-refractivity contribution is 8.00. The third-order valence-electron chi connectivity index (χ3n) is 4.70. The minimum atomic E-state index is -0.908. The molecule has 0 bridgehead atoms. The molecule has 0 radical (unpaired) electrons. The Bertz CT molecular complexity index is 1220. The molecule has 0 aliphatic heterocycles. The second kappa shape index (κ2) is 9.52. The number of nitrogens with two attached hydrogens (primary N) is 1. The minimum Gasteiger partial charge on any atom is -0.467 e. The number of amides is 3. The van der Waals surface area contributed by atoms with E-state index in [1.165, 1.54) is 11.8 Å². The van der Waals surface area contributed by atoms with Gasteiger partial charge in [0.2, 0.25) is 5.91 Å². The van der Waals surface area contributed by atoms with Crippen LogP contribution in [0.25, 0.3) is 11.4 Å². The minimum absolute atomic E-state index is 0.380. The Balaban J connectivity index is 1.75. The fourth-order valence-electron chi connectivity index (χ4n) is 3.27. The highest BCUT2D eigenvalue weighted by Crippen LogP contribution is 2.36. The van der Waals surface area contributed by atoms with Crippen LogP contribution in [0.3, 0.4) is 0 Å². The molecule has 3 amide bonds. The molecule has 2 aromatic heterocycles. The van der Waals surface area contributed by atoms with Crippen LogP contribution in [0.4, 0.5) is 4.79 Å². The molecular formula is C23H21N5O3S. The van der Waals surface area contributed by atoms with E-state index in [-0.39, 0.29) is 0 Å². The summed E-state index contributed by atoms with van der Waals surface area (Å²) in [5.74, 6) is 0.839. The lowest BCUT2D eigenvalue weighted by molar-refractivity contribution is -0.119. The van der Waals surface area contributed by atoms with E-state index in [9.17, 15) is 9.59 Å². The second-order valence-corrected chi connectivity index (χ2v) is 8.18. The maximum atomic E-state index is 12.8. The Morgan fingerprint density at radius 2 is 1.91 bits per heavy atom. The molecular weight excluding hydrogens is 426 g/mol. The molecule has 4 rings (SSSR count). The van der Waals surface area contributed by atoms with Gasteiger partial charge >= 0.3 is 6.03 Å². The first-order valence-electron chi connectivity index (χ1n) is 9.86. The number of carbonyl (C=O) groups excluding carboxylic acids is 2. The average Bonchev–Trinajstić information content (AvgIpc) is 3.42. The summed E-state index contributed by atoms with van der Waals surface area (Å²) in [5, 5.41) is 10.7. The van der Waals surface area contributed by atoms with E-state index in [2.05, 4.69) is 15.5 Å². The number of carbonyl (C=O) groups is 2. The summed E-state index contributed by atoms with van der Waals surface area (Å²) in [4.78, 5) is 24.1. The van der Waals surface area contributed by atoms with Gasteiger partial charge in [0.05, 0.1) is 12.8 Å². The van der Waals surface area contributed by atoms with Crippen molar-refractivity contribution in [2.75, 3.05) is 0 Å². The van der Waals surface area contributed by atoms with Gasteiger partial charge in [0.1, 0.15) is 11.0 Å². The number of urea groups is 1. The van der Waals surface area contributed by atoms with Crippen molar-refractivity contribution < 1.29 is 14.0 Å². The molecule has 0 saturated heterocycles. The van der Waals surface area contributed by atoms with E-state index in [1.807, 2.05) is 78.2 Å². The molecule has 1 atom stereocenters. The summed E-state index contributed by atoms with van der Waals surface area (Å²) in [5.41, 5.74) is 7.89. The molecule has 32 heavy (non-hydrogen) atoms. The Labute approximate surface area is 188 Å². The van der Waals surface area contributed by atoms with Crippen molar-refractivity contribution in [1.82, 2.24) is 20.1 Å². The first-order valence-corrected chi connectivity index (χ1v) is 10.7. The molecule has 2 heterocycles. The number of aromatic nitrogens is 3. The first kappa shape index (κ1) is 21.4. The number of hydrogen-bond acceptors (Lipinski definition) is 6. The van der Waals surface area contributed by atoms with E-state index in [0.717, 1.165) is 16.9 Å². The maximum absolute atomic E-state index is 12.8. The van der Waals surface area contributed by atoms with Crippen molar-refractivity contribution in [3.63, 3.8) is 0 Å². The van der Waals surface area contributed by atoms with Crippen molar-refractivity contribution in [2.24, 2.45) is 5.73 Å². The predicted molar refractivity (Wildman–Crippen MR) is 121 cm³/mol. The summed E-state index contributed by atoms with van der Waals surface area (Å²) in [6.07, 6.45) is 1.60. The third-order valence-corrected chi connectivity index (χ3v) is 5.93. The molecule has 0 fully saturated rings. The zero-order chi connectivity index (χ0) is 22.5. The van der Waals surface area contributed by atoms with Gasteiger partial charge in [-0.1, -0.05) is 65.9 Å². The molecule has 4 aromatic rings. The maximum Gasteiger partial charge on any atom is 0.318 e. The SMILES string of the molecule is Cc1cccc(-c2nnc(SC(C(=O)NC(N)=O)c3ccccc3)n2Cc2ccco2)c1. The molecule has 3 N–H and O–H groups in total. The third kappa shape index (κ3) is 4.89. The van der Waals surface area contributed by atoms with Crippen LogP contribution in [0, 0.1) is 6.92 Å². The van der Waals surface area contributed by atoms with Crippen LogP contribution < -0.4 is 11.1 Å². The topological polar surface area (TPSA) is 116 Å². The number of hydrogen-bond donors (Lipinski definition) is 2. The number of primary amides is 1. The van der Waals surface area contributed by atoms with Gasteiger partial charge in [0, 0.05) is 5.56 Å². The smallest absolute Gasteiger partial charge is 0.318 e. The van der Waals surface area contributed by atoms with Crippen LogP contribution in [0.15, 0.2) is 82.6 Å². The standard InChI is InChI=1S/C23H21N5O3S/c1-15-7-5-10-17(13-15)20-26-27-23(28(20)14-18-11-6-12-31-18)32-19(21(29)25-22(24)30)16-8-3-2-4-9-16/h2-13,19H,14H2,1H3,(H3,24,25,29,30). The fourth-order valence-corrected chi connectivity index (χ4v) is 4.30. The van der Waals surface area contributed by atoms with Crippen LogP contribution in [0.5, 0.6) is 0 Å². The normalized spacial score (nSPS) is 11.8. The van der Waals surface area contributed by atoms with E-state index in [4.69, 9.17) is 10.2 Å². The number of nitrogens with zero attached hydrogens (tertiary/aromatic N) is 3. The molecule has 0 saturated carbocycles. The lowest BCUT2D eigenvalue weighted by Crippen LogP contribution is -2.37. The Hall–Kier alpha value is -3.85. The van der Waals surface area contributed by atoms with Gasteiger partial charge in [-0.05, 0) is 30.7 Å². The molecule has 0 spiro atoms. The van der Waals surface area contributed by atoms with Crippen molar-refractivity contribution in [2.45, 2.75) is 23.9 Å². The van der Waals surface area contributed by atoms with Gasteiger partial charge in [-0.25, -0.2) is 4.79 Å². The zero-order valence-corrected chi connectivity index (χ0v) is 18.1. The summed E-state index contributed by atoms with van der Waals surface area (Å²) < 4.78 is 7.43. The van der Waals surface area contributed by atoms with E-state index >= 15 is 0 Å². The number of imide groups is 1. The van der Waals surface area contributed by atoms with Crippen molar-refractivity contribution in [1.29, 1.82) is 0 Å². The van der Waals surface area contributed by atoms with Gasteiger partial charge in [0.15, 0.2) is 11.0 Å². The zero-order valence-electron chi connectivity index (χ0n) is 17.3. The summed E-state index contributed by atoms with van der Waals surface area (Å²) in [6, 6.07) is 19.8. The van der Waals surface area contributed by atoms with Crippen LogP contribution in [0.1, 0.15) is 22.1 Å². The Kier molecular flexibility index (Phi) is 6.37. The van der Waals surface area contributed by atoms with Gasteiger partial charge in [-0.2, -0.15) is 0 Å². The molecule has 2 aromatic carbocycles. The van der Waals surface area contributed by atoms with Gasteiger partial charge in [-0.15, -0.1) is 10.2 Å². The number of aryl methyl sites for hydroxylation is 1. The van der Waals surface area contributed by atoms with Crippen LogP contribution >= 0.6 is 11.8 Å². The molecule has 1 unspecified atom stereocenters. The highest BCUT2D eigenvalue weighted by Gasteiger charge is 2.27. The molecule has 8 nitrogen and oxygen atoms in total. The lowest BCUT2D eigenvalue weighted by Gasteiger charge is -2.16. The van der Waals surface area contributed by atoms with Crippen LogP contribution in [-0.4, -0.2) is 26.7 Å². The van der Waals surface area contributed by atoms with Crippen molar-refractivity contribution in [3.05, 3.63) is 89.9 Å². The van der Waals surface area contributed by atoms with E-state index < -0.39 is 17.2 Å². The Morgan fingerprint density at radius 1 is 1.09 bits per heavy atom. The first-order chi connectivity index (χ1) is 15.5. The predicted octanol–water partition coefficient (Wildman–Crippen LogP) is 3.92. The number of furan rings is 1. The fraction of sp³-hybridized carbons (Fsp3) is 0.130. The molecule has 0 aliphatic rings. The van der Waals surface area contributed by atoms with Gasteiger partial charge in [0.25, 0.3) is 0 Å². The van der Waals surface area contributed by atoms with Crippen LogP contribution in [0.2, 0.25) is 0 Å². The van der Waals surface area contributed by atoms with Crippen molar-refractivity contribution >= 4 is 23.7 Å². The molecule has 162 valence electrons. The number of thioether (sulfide) groups is 1. The Morgan fingerprint density at radius 3 is 2.59 bits per heavy atom. The molecule has 9 heteroatoms. The van der Waals surface area contributed by atoms with E-state index in [0.29, 0.717) is 23.1 Å². The van der Waals surface area contributed by atoms with Gasteiger partial charge in [-0.3, -0.25) is 14.7 Å². The van der Waals surface area contributed by atoms with E-state index in [1.54, 1.807) is 6.26 Å². The lowest BCUT2D eigenvalue weighted by atomic mass is 10.1. The summed E-state index contributed by atoms with van der Waals surface area (Å²) >= 11 is 1.19. The number of benzene rings is 2. The van der Waals surface area contributed by atoms with Crippen LogP contribution in [-0.2, 0) is 11.3 Å².